The second kappa shape index (κ2) is 6.71. The van der Waals surface area contributed by atoms with Gasteiger partial charge >= 0.3 is 0 Å². The Kier molecular flexibility index (Phi) is 4.96. The first kappa shape index (κ1) is 13.3. The van der Waals surface area contributed by atoms with Gasteiger partial charge in [0.15, 0.2) is 5.13 Å². The zero-order valence-corrected chi connectivity index (χ0v) is 11.5. The maximum Gasteiger partial charge on any atom is 0.183 e. The smallest absolute Gasteiger partial charge is 0.183 e. The fraction of sp³-hybridized carbons (Fsp3) is 0.500. The van der Waals surface area contributed by atoms with Crippen molar-refractivity contribution in [3.8, 4) is 0 Å². The van der Waals surface area contributed by atoms with Gasteiger partial charge in [0.25, 0.3) is 0 Å². The number of nitrogens with one attached hydrogen (secondary N) is 1. The molecule has 0 aliphatic rings. The van der Waals surface area contributed by atoms with Gasteiger partial charge in [0, 0.05) is 13.2 Å². The Balaban J connectivity index is 1.95. The number of aliphatic hydroxyl groups is 1. The average molecular weight is 264 g/mol. The summed E-state index contributed by atoms with van der Waals surface area (Å²) in [6, 6.07) is 8.18. The van der Waals surface area contributed by atoms with Crippen LogP contribution in [0.15, 0.2) is 24.3 Å². The summed E-state index contributed by atoms with van der Waals surface area (Å²) in [5, 5.41) is 13.4. The summed E-state index contributed by atoms with van der Waals surface area (Å²) < 4.78 is 1.22. The second-order valence-corrected chi connectivity index (χ2v) is 5.57. The fourth-order valence-electron chi connectivity index (χ4n) is 2.12. The van der Waals surface area contributed by atoms with E-state index in [2.05, 4.69) is 23.3 Å². The number of fused-ring (bicyclic) bond motifs is 1. The molecule has 1 aromatic carbocycles. The molecule has 1 atom stereocenters. The third-order valence-electron chi connectivity index (χ3n) is 3.07. The first-order valence-corrected chi connectivity index (χ1v) is 7.35. The molecule has 0 aliphatic carbocycles. The van der Waals surface area contributed by atoms with Crippen molar-refractivity contribution in [3.05, 3.63) is 24.3 Å². The minimum absolute atomic E-state index is 0.270. The number of hydrogen-bond donors (Lipinski definition) is 2. The number of aliphatic hydroxyl groups excluding tert-OH is 1. The molecule has 2 aromatic rings. The van der Waals surface area contributed by atoms with Crippen LogP contribution in [0.5, 0.6) is 0 Å². The lowest BCUT2D eigenvalue weighted by molar-refractivity contribution is 0.255. The van der Waals surface area contributed by atoms with E-state index < -0.39 is 0 Å². The molecule has 1 unspecified atom stereocenters. The van der Waals surface area contributed by atoms with E-state index in [1.165, 1.54) is 4.70 Å². The van der Waals surface area contributed by atoms with Crippen molar-refractivity contribution in [1.82, 2.24) is 4.98 Å². The van der Waals surface area contributed by atoms with Gasteiger partial charge in [0.1, 0.15) is 0 Å². The van der Waals surface area contributed by atoms with Crippen LogP contribution in [-0.4, -0.2) is 23.2 Å². The molecule has 0 radical (unpaired) electrons. The number of hydrogen-bond acceptors (Lipinski definition) is 4. The molecular formula is C14H20N2OS. The zero-order chi connectivity index (χ0) is 12.8. The highest BCUT2D eigenvalue weighted by molar-refractivity contribution is 7.22. The largest absolute Gasteiger partial charge is 0.396 e. The Morgan fingerprint density at radius 2 is 2.17 bits per heavy atom. The molecule has 1 heterocycles. The Bertz CT molecular complexity index is 444. The van der Waals surface area contributed by atoms with Crippen LogP contribution < -0.4 is 5.32 Å². The minimum Gasteiger partial charge on any atom is -0.396 e. The van der Waals surface area contributed by atoms with Crippen LogP contribution in [0.1, 0.15) is 26.2 Å². The lowest BCUT2D eigenvalue weighted by Gasteiger charge is -2.14. The van der Waals surface area contributed by atoms with Gasteiger partial charge in [-0.2, -0.15) is 0 Å². The Hall–Kier alpha value is -1.13. The van der Waals surface area contributed by atoms with Crippen molar-refractivity contribution < 1.29 is 5.11 Å². The third kappa shape index (κ3) is 3.43. The standard InChI is InChI=1S/C14H20N2OS/c1-2-5-11(8-9-17)10-15-14-16-12-6-3-4-7-13(12)18-14/h3-4,6-7,11,17H,2,5,8-10H2,1H3,(H,15,16). The zero-order valence-electron chi connectivity index (χ0n) is 10.7. The fourth-order valence-corrected chi connectivity index (χ4v) is 2.99. The van der Waals surface area contributed by atoms with Crippen molar-refractivity contribution in [2.75, 3.05) is 18.5 Å². The van der Waals surface area contributed by atoms with E-state index in [-0.39, 0.29) is 6.61 Å². The predicted molar refractivity (Wildman–Crippen MR) is 78.2 cm³/mol. The summed E-state index contributed by atoms with van der Waals surface area (Å²) in [6.45, 7) is 3.35. The topological polar surface area (TPSA) is 45.1 Å². The molecule has 3 nitrogen and oxygen atoms in total. The van der Waals surface area contributed by atoms with Crippen molar-refractivity contribution in [2.45, 2.75) is 26.2 Å². The normalized spacial score (nSPS) is 12.8. The van der Waals surface area contributed by atoms with Gasteiger partial charge in [0.2, 0.25) is 0 Å². The van der Waals surface area contributed by atoms with E-state index in [0.29, 0.717) is 5.92 Å². The second-order valence-electron chi connectivity index (χ2n) is 4.53. The lowest BCUT2D eigenvalue weighted by Crippen LogP contribution is -2.15. The van der Waals surface area contributed by atoms with Gasteiger partial charge in [0.05, 0.1) is 10.2 Å². The van der Waals surface area contributed by atoms with Crippen molar-refractivity contribution in [3.63, 3.8) is 0 Å². The third-order valence-corrected chi connectivity index (χ3v) is 4.06. The van der Waals surface area contributed by atoms with E-state index >= 15 is 0 Å². The summed E-state index contributed by atoms with van der Waals surface area (Å²) in [4.78, 5) is 4.55. The lowest BCUT2D eigenvalue weighted by atomic mass is 10.0. The summed E-state index contributed by atoms with van der Waals surface area (Å²) in [5.41, 5.74) is 1.05. The van der Waals surface area contributed by atoms with Gasteiger partial charge < -0.3 is 10.4 Å². The molecule has 2 N–H and O–H groups in total. The quantitative estimate of drug-likeness (QED) is 0.804. The number of thiazole rings is 1. The summed E-state index contributed by atoms with van der Waals surface area (Å²) >= 11 is 1.69. The van der Waals surface area contributed by atoms with Gasteiger partial charge in [-0.05, 0) is 30.9 Å². The maximum absolute atomic E-state index is 9.03. The van der Waals surface area contributed by atoms with E-state index in [0.717, 1.165) is 36.5 Å². The summed E-state index contributed by atoms with van der Waals surface area (Å²) in [5.74, 6) is 0.534. The molecule has 18 heavy (non-hydrogen) atoms. The minimum atomic E-state index is 0.270. The molecule has 0 bridgehead atoms. The molecule has 0 fully saturated rings. The van der Waals surface area contributed by atoms with Crippen molar-refractivity contribution in [1.29, 1.82) is 0 Å². The van der Waals surface area contributed by atoms with Gasteiger partial charge in [-0.1, -0.05) is 36.8 Å². The van der Waals surface area contributed by atoms with Crippen LogP contribution in [-0.2, 0) is 0 Å². The van der Waals surface area contributed by atoms with Gasteiger partial charge in [-0.25, -0.2) is 4.98 Å². The Morgan fingerprint density at radius 1 is 1.33 bits per heavy atom. The monoisotopic (exact) mass is 264 g/mol. The maximum atomic E-state index is 9.03. The van der Waals surface area contributed by atoms with E-state index in [9.17, 15) is 0 Å². The first-order chi connectivity index (χ1) is 8.83. The highest BCUT2D eigenvalue weighted by Crippen LogP contribution is 2.25. The van der Waals surface area contributed by atoms with Gasteiger partial charge in [-0.3, -0.25) is 0 Å². The van der Waals surface area contributed by atoms with Crippen LogP contribution in [0.2, 0.25) is 0 Å². The van der Waals surface area contributed by atoms with Crippen LogP contribution in [0.25, 0.3) is 10.2 Å². The Labute approximate surface area is 112 Å². The molecule has 4 heteroatoms. The highest BCUT2D eigenvalue weighted by Gasteiger charge is 2.08. The molecular weight excluding hydrogens is 244 g/mol. The molecule has 0 spiro atoms. The highest BCUT2D eigenvalue weighted by atomic mass is 32.1. The van der Waals surface area contributed by atoms with Crippen LogP contribution in [0.4, 0.5) is 5.13 Å². The number of aromatic nitrogens is 1. The number of rotatable bonds is 7. The number of anilines is 1. The number of para-hydroxylation sites is 1. The van der Waals surface area contributed by atoms with E-state index in [1.54, 1.807) is 11.3 Å². The first-order valence-electron chi connectivity index (χ1n) is 6.53. The average Bonchev–Trinajstić information content (AvgIpc) is 2.79. The molecule has 0 saturated heterocycles. The van der Waals surface area contributed by atoms with E-state index in [1.807, 2.05) is 18.2 Å². The van der Waals surface area contributed by atoms with Crippen molar-refractivity contribution >= 4 is 26.7 Å². The van der Waals surface area contributed by atoms with Gasteiger partial charge in [-0.15, -0.1) is 0 Å². The van der Waals surface area contributed by atoms with Crippen LogP contribution in [0, 0.1) is 5.92 Å². The molecule has 1 aromatic heterocycles. The predicted octanol–water partition coefficient (Wildman–Crippen LogP) is 3.51. The van der Waals surface area contributed by atoms with Crippen LogP contribution in [0.3, 0.4) is 0 Å². The number of nitrogens with zero attached hydrogens (tertiary/aromatic N) is 1. The SMILES string of the molecule is CCCC(CCO)CNc1nc2ccccc2s1. The summed E-state index contributed by atoms with van der Waals surface area (Å²) in [6.07, 6.45) is 3.18. The molecule has 98 valence electrons. The molecule has 2 rings (SSSR count). The molecule has 0 amide bonds. The van der Waals surface area contributed by atoms with Crippen molar-refractivity contribution in [2.24, 2.45) is 5.92 Å². The summed E-state index contributed by atoms with van der Waals surface area (Å²) in [7, 11) is 0. The Morgan fingerprint density at radius 3 is 2.89 bits per heavy atom. The molecule has 0 aliphatic heterocycles. The molecule has 0 saturated carbocycles. The number of benzene rings is 1. The van der Waals surface area contributed by atoms with E-state index in [4.69, 9.17) is 5.11 Å². The van der Waals surface area contributed by atoms with Crippen LogP contribution >= 0.6 is 11.3 Å².